The van der Waals surface area contributed by atoms with Crippen LogP contribution in [-0.2, 0) is 12.8 Å². The zero-order chi connectivity index (χ0) is 9.71. The van der Waals surface area contributed by atoms with Gasteiger partial charge < -0.3 is 10.7 Å². The van der Waals surface area contributed by atoms with Crippen molar-refractivity contribution >= 4 is 39.2 Å². The molecule has 1 aliphatic carbocycles. The van der Waals surface area contributed by atoms with E-state index in [1.165, 1.54) is 22.2 Å². The Bertz CT molecular complexity index is 507. The molecule has 0 saturated heterocycles. The molecule has 4 heteroatoms. The summed E-state index contributed by atoms with van der Waals surface area (Å²) in [5.41, 5.74) is 9.89. The zero-order valence-electron chi connectivity index (χ0n) is 8.09. The number of nitrogens with one attached hydrogen (secondary N) is 1. The van der Waals surface area contributed by atoms with Crippen LogP contribution in [0, 0.1) is 0 Å². The quantitative estimate of drug-likeness (QED) is 0.769. The SMILES string of the molecule is Cl.NC1Cc2[nH]c3ccc(Br)cc3c2C1. The Kier molecular flexibility index (Phi) is 2.79. The molecule has 1 atom stereocenters. The number of halogens is 2. The summed E-state index contributed by atoms with van der Waals surface area (Å²) in [6.07, 6.45) is 1.99. The lowest BCUT2D eigenvalue weighted by atomic mass is 10.1. The highest BCUT2D eigenvalue weighted by molar-refractivity contribution is 9.10. The van der Waals surface area contributed by atoms with Gasteiger partial charge in [0.15, 0.2) is 0 Å². The number of benzene rings is 1. The van der Waals surface area contributed by atoms with Crippen molar-refractivity contribution in [2.24, 2.45) is 5.73 Å². The monoisotopic (exact) mass is 286 g/mol. The van der Waals surface area contributed by atoms with Gasteiger partial charge in [-0.25, -0.2) is 0 Å². The van der Waals surface area contributed by atoms with Crippen LogP contribution in [0.4, 0.5) is 0 Å². The van der Waals surface area contributed by atoms with Crippen molar-refractivity contribution in [2.75, 3.05) is 0 Å². The van der Waals surface area contributed by atoms with Gasteiger partial charge in [-0.1, -0.05) is 15.9 Å². The van der Waals surface area contributed by atoms with E-state index in [0.717, 1.165) is 17.3 Å². The van der Waals surface area contributed by atoms with Crippen molar-refractivity contribution in [2.45, 2.75) is 18.9 Å². The van der Waals surface area contributed by atoms with Gasteiger partial charge in [0, 0.05) is 33.5 Å². The lowest BCUT2D eigenvalue weighted by Crippen LogP contribution is -2.19. The van der Waals surface area contributed by atoms with Gasteiger partial charge in [-0.3, -0.25) is 0 Å². The van der Waals surface area contributed by atoms with Crippen molar-refractivity contribution in [1.82, 2.24) is 4.98 Å². The molecule has 1 aliphatic rings. The van der Waals surface area contributed by atoms with Crippen molar-refractivity contribution in [1.29, 1.82) is 0 Å². The van der Waals surface area contributed by atoms with Crippen LogP contribution in [0.25, 0.3) is 10.9 Å². The molecule has 0 spiro atoms. The van der Waals surface area contributed by atoms with Crippen molar-refractivity contribution in [3.63, 3.8) is 0 Å². The predicted octanol–water partition coefficient (Wildman–Crippen LogP) is 2.78. The van der Waals surface area contributed by atoms with Gasteiger partial charge in [-0.2, -0.15) is 0 Å². The molecule has 3 N–H and O–H groups in total. The second-order valence-corrected chi connectivity index (χ2v) is 4.86. The number of aromatic nitrogens is 1. The van der Waals surface area contributed by atoms with Crippen LogP contribution in [0.15, 0.2) is 22.7 Å². The van der Waals surface area contributed by atoms with E-state index in [4.69, 9.17) is 5.73 Å². The summed E-state index contributed by atoms with van der Waals surface area (Å²) in [5.74, 6) is 0. The lowest BCUT2D eigenvalue weighted by Gasteiger charge is -2.00. The largest absolute Gasteiger partial charge is 0.358 e. The Morgan fingerprint density at radius 1 is 1.33 bits per heavy atom. The standard InChI is InChI=1S/C11H11BrN2.ClH/c12-6-1-2-10-8(3-6)9-4-7(13)5-11(9)14-10;/h1-3,7,14H,4-5,13H2;1H. The van der Waals surface area contributed by atoms with Gasteiger partial charge in [0.05, 0.1) is 0 Å². The van der Waals surface area contributed by atoms with E-state index in [0.29, 0.717) is 6.04 Å². The van der Waals surface area contributed by atoms with E-state index in [-0.39, 0.29) is 12.4 Å². The number of rotatable bonds is 0. The minimum atomic E-state index is 0. The second-order valence-electron chi connectivity index (χ2n) is 3.94. The fourth-order valence-electron chi connectivity index (χ4n) is 2.28. The van der Waals surface area contributed by atoms with Crippen molar-refractivity contribution in [3.8, 4) is 0 Å². The first-order valence-corrected chi connectivity index (χ1v) is 5.58. The van der Waals surface area contributed by atoms with Crippen LogP contribution < -0.4 is 5.73 Å². The number of nitrogens with two attached hydrogens (primary N) is 1. The molecule has 0 fully saturated rings. The molecule has 80 valence electrons. The molecule has 1 aromatic carbocycles. The predicted molar refractivity (Wildman–Crippen MR) is 68.6 cm³/mol. The molecule has 0 amide bonds. The summed E-state index contributed by atoms with van der Waals surface area (Å²) >= 11 is 3.50. The third kappa shape index (κ3) is 1.69. The third-order valence-corrected chi connectivity index (χ3v) is 3.38. The molecule has 0 bridgehead atoms. The Morgan fingerprint density at radius 3 is 2.93 bits per heavy atom. The summed E-state index contributed by atoms with van der Waals surface area (Å²) in [7, 11) is 0. The maximum atomic E-state index is 5.93. The van der Waals surface area contributed by atoms with Crippen LogP contribution in [0.2, 0.25) is 0 Å². The van der Waals surface area contributed by atoms with E-state index in [9.17, 15) is 0 Å². The molecule has 0 aliphatic heterocycles. The molecule has 2 nitrogen and oxygen atoms in total. The van der Waals surface area contributed by atoms with E-state index in [1.54, 1.807) is 0 Å². The van der Waals surface area contributed by atoms with E-state index < -0.39 is 0 Å². The molecule has 1 unspecified atom stereocenters. The topological polar surface area (TPSA) is 41.8 Å². The fraction of sp³-hybridized carbons (Fsp3) is 0.273. The summed E-state index contributed by atoms with van der Waals surface area (Å²) < 4.78 is 1.13. The average Bonchev–Trinajstić information content (AvgIpc) is 2.62. The second kappa shape index (κ2) is 3.81. The Morgan fingerprint density at radius 2 is 2.13 bits per heavy atom. The van der Waals surface area contributed by atoms with Gasteiger partial charge in [-0.15, -0.1) is 12.4 Å². The first kappa shape index (κ1) is 11.0. The average molecular weight is 288 g/mol. The maximum Gasteiger partial charge on any atom is 0.0459 e. The third-order valence-electron chi connectivity index (χ3n) is 2.89. The van der Waals surface area contributed by atoms with Gasteiger partial charge >= 0.3 is 0 Å². The Balaban J connectivity index is 0.000000853. The van der Waals surface area contributed by atoms with Gasteiger partial charge in [0.1, 0.15) is 0 Å². The molecule has 2 aromatic rings. The highest BCUT2D eigenvalue weighted by Crippen LogP contribution is 2.31. The highest BCUT2D eigenvalue weighted by Gasteiger charge is 2.22. The molecular formula is C11H12BrClN2. The van der Waals surface area contributed by atoms with Crippen LogP contribution in [0.5, 0.6) is 0 Å². The van der Waals surface area contributed by atoms with E-state index >= 15 is 0 Å². The number of aromatic amines is 1. The molecule has 1 heterocycles. The zero-order valence-corrected chi connectivity index (χ0v) is 10.5. The molecule has 15 heavy (non-hydrogen) atoms. The van der Waals surface area contributed by atoms with Crippen LogP contribution >= 0.6 is 28.3 Å². The minimum Gasteiger partial charge on any atom is -0.358 e. The molecule has 3 rings (SSSR count). The van der Waals surface area contributed by atoms with E-state index in [2.05, 4.69) is 39.1 Å². The number of hydrogen-bond donors (Lipinski definition) is 2. The van der Waals surface area contributed by atoms with Crippen LogP contribution in [0.3, 0.4) is 0 Å². The lowest BCUT2D eigenvalue weighted by molar-refractivity contribution is 0.716. The molecule has 0 radical (unpaired) electrons. The van der Waals surface area contributed by atoms with Crippen molar-refractivity contribution in [3.05, 3.63) is 33.9 Å². The first-order valence-electron chi connectivity index (χ1n) is 4.78. The van der Waals surface area contributed by atoms with E-state index in [1.807, 2.05) is 0 Å². The first-order chi connectivity index (χ1) is 6.74. The van der Waals surface area contributed by atoms with Crippen LogP contribution in [0.1, 0.15) is 11.3 Å². The summed E-state index contributed by atoms with van der Waals surface area (Å²) in [5, 5.41) is 1.32. The molecule has 1 aromatic heterocycles. The van der Waals surface area contributed by atoms with Gasteiger partial charge in [0.2, 0.25) is 0 Å². The number of H-pyrrole nitrogens is 1. The van der Waals surface area contributed by atoms with Gasteiger partial charge in [0.25, 0.3) is 0 Å². The molecular weight excluding hydrogens is 275 g/mol. The van der Waals surface area contributed by atoms with Gasteiger partial charge in [-0.05, 0) is 30.2 Å². The summed E-state index contributed by atoms with van der Waals surface area (Å²) in [4.78, 5) is 3.43. The van der Waals surface area contributed by atoms with Crippen LogP contribution in [-0.4, -0.2) is 11.0 Å². The maximum absolute atomic E-state index is 5.93. The Hall–Kier alpha value is -0.510. The Labute approximate surface area is 103 Å². The normalized spacial score (nSPS) is 18.9. The number of hydrogen-bond acceptors (Lipinski definition) is 1. The number of fused-ring (bicyclic) bond motifs is 3. The summed E-state index contributed by atoms with van der Waals surface area (Å²) in [6.45, 7) is 0. The fourth-order valence-corrected chi connectivity index (χ4v) is 2.64. The minimum absolute atomic E-state index is 0. The summed E-state index contributed by atoms with van der Waals surface area (Å²) in [6, 6.07) is 6.65. The smallest absolute Gasteiger partial charge is 0.0459 e. The molecule has 0 saturated carbocycles. The highest BCUT2D eigenvalue weighted by atomic mass is 79.9. The van der Waals surface area contributed by atoms with Crippen molar-refractivity contribution < 1.29 is 0 Å².